The molecular weight excluding hydrogens is 461 g/mol. The fourth-order valence-electron chi connectivity index (χ4n) is 3.91. The van der Waals surface area contributed by atoms with Gasteiger partial charge in [-0.2, -0.15) is 0 Å². The fraction of sp³-hybridized carbons (Fsp3) is 0.464. The van der Waals surface area contributed by atoms with Crippen LogP contribution < -0.4 is 4.74 Å². The Labute approximate surface area is 212 Å². The van der Waals surface area contributed by atoms with Gasteiger partial charge < -0.3 is 19.6 Å². The highest BCUT2D eigenvalue weighted by atomic mass is 19.1. The quantitative estimate of drug-likeness (QED) is 0.619. The van der Waals surface area contributed by atoms with Gasteiger partial charge in [-0.25, -0.2) is 9.37 Å². The molecule has 8 heteroatoms. The Kier molecular flexibility index (Phi) is 9.05. The smallest absolute Gasteiger partial charge is 0.259 e. The summed E-state index contributed by atoms with van der Waals surface area (Å²) in [6.07, 6.45) is 1.82. The Morgan fingerprint density at radius 3 is 2.64 bits per heavy atom. The van der Waals surface area contributed by atoms with Gasteiger partial charge in [-0.15, -0.1) is 0 Å². The topological polar surface area (TPSA) is 83.0 Å². The van der Waals surface area contributed by atoms with E-state index in [0.717, 1.165) is 6.42 Å². The van der Waals surface area contributed by atoms with Crippen LogP contribution in [0, 0.1) is 29.5 Å². The van der Waals surface area contributed by atoms with E-state index in [1.807, 2.05) is 6.92 Å². The molecular formula is C28H34FN3O4. The van der Waals surface area contributed by atoms with Gasteiger partial charge >= 0.3 is 0 Å². The number of pyridine rings is 1. The normalized spacial score (nSPS) is 18.3. The van der Waals surface area contributed by atoms with E-state index in [4.69, 9.17) is 4.74 Å². The molecule has 1 aliphatic rings. The van der Waals surface area contributed by atoms with E-state index in [1.54, 1.807) is 31.1 Å². The molecule has 0 saturated carbocycles. The summed E-state index contributed by atoms with van der Waals surface area (Å²) in [4.78, 5) is 33.9. The number of aliphatic hydroxyl groups is 1. The lowest BCUT2D eigenvalue weighted by Gasteiger charge is -2.37. The van der Waals surface area contributed by atoms with Gasteiger partial charge in [-0.3, -0.25) is 9.59 Å². The molecule has 0 spiro atoms. The first-order valence-corrected chi connectivity index (χ1v) is 12.2. The molecule has 0 aliphatic carbocycles. The highest BCUT2D eigenvalue weighted by Gasteiger charge is 2.34. The number of nitrogens with zero attached hydrogens (tertiary/aromatic N) is 3. The van der Waals surface area contributed by atoms with Crippen LogP contribution in [-0.4, -0.2) is 70.6 Å². The Morgan fingerprint density at radius 1 is 1.31 bits per heavy atom. The monoisotopic (exact) mass is 495 g/mol. The predicted octanol–water partition coefficient (Wildman–Crippen LogP) is 3.61. The molecule has 1 aromatic carbocycles. The molecule has 1 aromatic heterocycles. The average molecular weight is 496 g/mol. The van der Waals surface area contributed by atoms with Crippen LogP contribution in [0.5, 0.6) is 5.88 Å². The molecule has 0 unspecified atom stereocenters. The maximum absolute atomic E-state index is 13.5. The van der Waals surface area contributed by atoms with Crippen LogP contribution in [-0.2, 0) is 0 Å². The van der Waals surface area contributed by atoms with Gasteiger partial charge in [-0.05, 0) is 43.2 Å². The van der Waals surface area contributed by atoms with E-state index in [2.05, 4.69) is 30.7 Å². The van der Waals surface area contributed by atoms with Crippen molar-refractivity contribution < 1.29 is 23.8 Å². The Balaban J connectivity index is 1.92. The van der Waals surface area contributed by atoms with Crippen molar-refractivity contribution in [2.45, 2.75) is 46.3 Å². The molecule has 36 heavy (non-hydrogen) atoms. The van der Waals surface area contributed by atoms with E-state index in [0.29, 0.717) is 23.6 Å². The molecule has 0 bridgehead atoms. The van der Waals surface area contributed by atoms with Crippen molar-refractivity contribution in [3.63, 3.8) is 0 Å². The lowest BCUT2D eigenvalue weighted by molar-refractivity contribution is 0.0313. The summed E-state index contributed by atoms with van der Waals surface area (Å²) in [6, 6.07) is 6.64. The molecule has 192 valence electrons. The first-order valence-electron chi connectivity index (χ1n) is 12.2. The summed E-state index contributed by atoms with van der Waals surface area (Å²) < 4.78 is 19.5. The third-order valence-electron chi connectivity index (χ3n) is 6.16. The highest BCUT2D eigenvalue weighted by Crippen LogP contribution is 2.27. The number of aromatic nitrogens is 1. The number of halogens is 1. The first-order chi connectivity index (χ1) is 17.1. The largest absolute Gasteiger partial charge is 0.472 e. The SMILES string of the molecule is CC(C)CC#Cc1cnc2c(c1)C(=O)N([C@H](C)CO)C[C@@H](C)[C@H](CN(C)C(=O)c1ccc(F)cc1)O2. The fourth-order valence-corrected chi connectivity index (χ4v) is 3.91. The van der Waals surface area contributed by atoms with Crippen LogP contribution >= 0.6 is 0 Å². The molecule has 0 saturated heterocycles. The van der Waals surface area contributed by atoms with Crippen molar-refractivity contribution >= 4 is 11.8 Å². The number of hydrogen-bond acceptors (Lipinski definition) is 5. The number of fused-ring (bicyclic) bond motifs is 1. The second-order valence-electron chi connectivity index (χ2n) is 9.79. The van der Waals surface area contributed by atoms with Crippen LogP contribution in [0.1, 0.15) is 60.4 Å². The summed E-state index contributed by atoms with van der Waals surface area (Å²) in [5.41, 5.74) is 1.25. The van der Waals surface area contributed by atoms with Gasteiger partial charge in [0.05, 0.1) is 19.2 Å². The number of amides is 2. The number of benzene rings is 1. The van der Waals surface area contributed by atoms with Gasteiger partial charge in [0.25, 0.3) is 11.8 Å². The van der Waals surface area contributed by atoms with E-state index in [9.17, 15) is 19.1 Å². The van der Waals surface area contributed by atoms with E-state index >= 15 is 0 Å². The number of carbonyl (C=O) groups is 2. The summed E-state index contributed by atoms with van der Waals surface area (Å²) in [6.45, 7) is 8.24. The highest BCUT2D eigenvalue weighted by molar-refractivity contribution is 5.97. The maximum Gasteiger partial charge on any atom is 0.259 e. The molecule has 2 aromatic rings. The van der Waals surface area contributed by atoms with Gasteiger partial charge in [0.1, 0.15) is 17.5 Å². The Hall–Kier alpha value is -3.44. The van der Waals surface area contributed by atoms with Gasteiger partial charge in [0.15, 0.2) is 0 Å². The minimum Gasteiger partial charge on any atom is -0.472 e. The molecule has 0 fully saturated rings. The maximum atomic E-state index is 13.5. The number of rotatable bonds is 6. The third kappa shape index (κ3) is 6.61. The zero-order valence-corrected chi connectivity index (χ0v) is 21.5. The van der Waals surface area contributed by atoms with Crippen LogP contribution in [0.2, 0.25) is 0 Å². The van der Waals surface area contributed by atoms with E-state index in [1.165, 1.54) is 29.2 Å². The molecule has 0 radical (unpaired) electrons. The van der Waals surface area contributed by atoms with Crippen LogP contribution in [0.25, 0.3) is 0 Å². The standard InChI is InChI=1S/C28H34FN3O4/c1-18(2)7-6-8-21-13-24-26(30-14-21)36-25(19(3)15-32(28(24)35)20(4)17-33)16-31(5)27(34)22-9-11-23(29)12-10-22/h9-14,18-20,25,33H,7,15-17H2,1-5H3/t19-,20-,25+/m1/s1. The zero-order valence-electron chi connectivity index (χ0n) is 21.5. The van der Waals surface area contributed by atoms with Crippen molar-refractivity contribution in [2.75, 3.05) is 26.7 Å². The minimum absolute atomic E-state index is 0.170. The first kappa shape index (κ1) is 27.2. The predicted molar refractivity (Wildman–Crippen MR) is 135 cm³/mol. The van der Waals surface area contributed by atoms with Crippen molar-refractivity contribution in [3.05, 3.63) is 59.0 Å². The van der Waals surface area contributed by atoms with Crippen LogP contribution in [0.3, 0.4) is 0 Å². The Morgan fingerprint density at radius 2 is 2.00 bits per heavy atom. The van der Waals surface area contributed by atoms with Crippen molar-refractivity contribution in [2.24, 2.45) is 11.8 Å². The second-order valence-corrected chi connectivity index (χ2v) is 9.79. The average Bonchev–Trinajstić information content (AvgIpc) is 2.85. The number of carbonyl (C=O) groups excluding carboxylic acids is 2. The zero-order chi connectivity index (χ0) is 26.4. The molecule has 1 N–H and O–H groups in total. The summed E-state index contributed by atoms with van der Waals surface area (Å²) in [5, 5.41) is 9.81. The minimum atomic E-state index is -0.481. The molecule has 3 rings (SSSR count). The van der Waals surface area contributed by atoms with Crippen LogP contribution in [0.4, 0.5) is 4.39 Å². The molecule has 7 nitrogen and oxygen atoms in total. The second kappa shape index (κ2) is 12.0. The Bertz CT molecular complexity index is 1140. The van der Waals surface area contributed by atoms with Crippen molar-refractivity contribution in [1.82, 2.24) is 14.8 Å². The molecule has 2 amide bonds. The summed E-state index contributed by atoms with van der Waals surface area (Å²) in [5.74, 6) is 5.63. The summed E-state index contributed by atoms with van der Waals surface area (Å²) >= 11 is 0. The van der Waals surface area contributed by atoms with Crippen LogP contribution in [0.15, 0.2) is 36.5 Å². The number of aliphatic hydroxyl groups excluding tert-OH is 1. The summed E-state index contributed by atoms with van der Waals surface area (Å²) in [7, 11) is 1.65. The number of hydrogen-bond donors (Lipinski definition) is 1. The van der Waals surface area contributed by atoms with Gasteiger partial charge in [0, 0.05) is 43.3 Å². The van der Waals surface area contributed by atoms with Crippen molar-refractivity contribution in [3.8, 4) is 17.7 Å². The third-order valence-corrected chi connectivity index (χ3v) is 6.16. The lowest BCUT2D eigenvalue weighted by atomic mass is 9.99. The molecule has 3 atom stereocenters. The van der Waals surface area contributed by atoms with Gasteiger partial charge in [-0.1, -0.05) is 32.6 Å². The number of likely N-dealkylation sites (N-methyl/N-ethyl adjacent to an activating group) is 1. The number of ether oxygens (including phenoxy) is 1. The molecule has 2 heterocycles. The van der Waals surface area contributed by atoms with Crippen molar-refractivity contribution in [1.29, 1.82) is 0 Å². The van der Waals surface area contributed by atoms with E-state index < -0.39 is 18.0 Å². The van der Waals surface area contributed by atoms with E-state index in [-0.39, 0.29) is 42.3 Å². The lowest BCUT2D eigenvalue weighted by Crippen LogP contribution is -2.50. The molecule has 1 aliphatic heterocycles. The van der Waals surface area contributed by atoms with Gasteiger partial charge in [0.2, 0.25) is 5.88 Å².